The number of phenols is 2. The molecule has 4 N–H and O–H groups in total. The molecule has 256 valence electrons. The van der Waals surface area contributed by atoms with Gasteiger partial charge in [0.15, 0.2) is 18.7 Å². The summed E-state index contributed by atoms with van der Waals surface area (Å²) in [6, 6.07) is 2.32. The quantitative estimate of drug-likeness (QED) is 0.218. The standard InChI is InChI=1S/C32H38O15/c1-12-19-14(10-16(33)20(12)29(38)44-7)9-15-21(22(19)35)27(37)32(45-8)18(34)11-17(40-3)28(31(32,39)26(15)36)47-30-25(43-6)24(42-5)23(41-4)13(2)46-30/h9-11,13,23-25,28-30,33,35,38-39H,1-8H3. The maximum Gasteiger partial charge on any atom is 0.232 e. The van der Waals surface area contributed by atoms with Gasteiger partial charge in [-0.1, -0.05) is 0 Å². The Morgan fingerprint density at radius 3 is 2.11 bits per heavy atom. The van der Waals surface area contributed by atoms with Crippen LogP contribution in [0.2, 0.25) is 0 Å². The first-order valence-corrected chi connectivity index (χ1v) is 14.5. The van der Waals surface area contributed by atoms with E-state index in [0.717, 1.165) is 19.3 Å². The van der Waals surface area contributed by atoms with Crippen molar-refractivity contribution in [3.05, 3.63) is 46.2 Å². The van der Waals surface area contributed by atoms with Crippen molar-refractivity contribution >= 4 is 28.1 Å². The van der Waals surface area contributed by atoms with Gasteiger partial charge in [-0.05, 0) is 36.9 Å². The number of benzene rings is 2. The number of hydrogen-bond acceptors (Lipinski definition) is 15. The summed E-state index contributed by atoms with van der Waals surface area (Å²) in [5.74, 6) is -5.16. The van der Waals surface area contributed by atoms with Crippen molar-refractivity contribution in [1.82, 2.24) is 0 Å². The van der Waals surface area contributed by atoms with Crippen LogP contribution in [0.5, 0.6) is 11.5 Å². The average Bonchev–Trinajstić information content (AvgIpc) is 3.04. The lowest BCUT2D eigenvalue weighted by Crippen LogP contribution is -2.78. The molecule has 2 aromatic carbocycles. The Balaban J connectivity index is 1.75. The predicted molar refractivity (Wildman–Crippen MR) is 159 cm³/mol. The number of aryl methyl sites for hydroxylation is 1. The number of aromatic hydroxyl groups is 2. The lowest BCUT2D eigenvalue weighted by atomic mass is 9.60. The van der Waals surface area contributed by atoms with E-state index in [2.05, 4.69) is 0 Å². The normalized spacial score (nSPS) is 33.0. The van der Waals surface area contributed by atoms with Crippen LogP contribution in [0, 0.1) is 6.92 Å². The summed E-state index contributed by atoms with van der Waals surface area (Å²) in [5.41, 5.74) is -7.19. The molecule has 2 aromatic rings. The second kappa shape index (κ2) is 12.5. The number of ketones is 3. The van der Waals surface area contributed by atoms with Crippen LogP contribution < -0.4 is 0 Å². The van der Waals surface area contributed by atoms with E-state index < -0.39 is 94.3 Å². The summed E-state index contributed by atoms with van der Waals surface area (Å²) in [6.45, 7) is 3.13. The topological polar surface area (TPSA) is 206 Å². The minimum absolute atomic E-state index is 0.0273. The molecule has 0 aromatic heterocycles. The van der Waals surface area contributed by atoms with Crippen LogP contribution in [0.1, 0.15) is 45.1 Å². The van der Waals surface area contributed by atoms with Crippen molar-refractivity contribution in [2.24, 2.45) is 0 Å². The van der Waals surface area contributed by atoms with Gasteiger partial charge in [0, 0.05) is 52.6 Å². The maximum atomic E-state index is 14.6. The number of Topliss-reactive ketones (excluding diaryl/α,β-unsaturated/α-hetero) is 2. The third-order valence-corrected chi connectivity index (χ3v) is 9.44. The zero-order chi connectivity index (χ0) is 34.7. The summed E-state index contributed by atoms with van der Waals surface area (Å²) in [6.07, 6.45) is -7.05. The highest BCUT2D eigenvalue weighted by Gasteiger charge is 2.75. The van der Waals surface area contributed by atoms with E-state index >= 15 is 0 Å². The molecule has 1 aliphatic heterocycles. The lowest BCUT2D eigenvalue weighted by Gasteiger charge is -2.52. The second-order valence-electron chi connectivity index (χ2n) is 11.5. The Morgan fingerprint density at radius 1 is 0.915 bits per heavy atom. The Labute approximate surface area is 269 Å². The average molecular weight is 663 g/mol. The van der Waals surface area contributed by atoms with Gasteiger partial charge in [-0.15, -0.1) is 0 Å². The third kappa shape index (κ3) is 4.64. The van der Waals surface area contributed by atoms with Gasteiger partial charge >= 0.3 is 0 Å². The molecule has 9 atom stereocenters. The molecule has 1 heterocycles. The Bertz CT molecular complexity index is 1650. The fourth-order valence-electron chi connectivity index (χ4n) is 7.16. The zero-order valence-corrected chi connectivity index (χ0v) is 27.1. The first kappa shape index (κ1) is 34.8. The van der Waals surface area contributed by atoms with Gasteiger partial charge in [-0.2, -0.15) is 0 Å². The molecule has 47 heavy (non-hydrogen) atoms. The maximum absolute atomic E-state index is 14.6. The molecular formula is C32H38O15. The summed E-state index contributed by atoms with van der Waals surface area (Å²) >= 11 is 0. The van der Waals surface area contributed by atoms with Crippen LogP contribution in [0.4, 0.5) is 0 Å². The number of fused-ring (bicyclic) bond motifs is 3. The van der Waals surface area contributed by atoms with Gasteiger partial charge in [0.05, 0.1) is 24.3 Å². The largest absolute Gasteiger partial charge is 0.507 e. The highest BCUT2D eigenvalue weighted by atomic mass is 16.7. The van der Waals surface area contributed by atoms with E-state index in [1.165, 1.54) is 48.5 Å². The number of carbonyl (C=O) groups excluding carboxylic acids is 3. The lowest BCUT2D eigenvalue weighted by molar-refractivity contribution is -0.327. The summed E-state index contributed by atoms with van der Waals surface area (Å²) in [4.78, 5) is 43.0. The van der Waals surface area contributed by atoms with Crippen molar-refractivity contribution in [2.75, 3.05) is 42.7 Å². The van der Waals surface area contributed by atoms with Gasteiger partial charge in [-0.25, -0.2) is 0 Å². The van der Waals surface area contributed by atoms with E-state index in [4.69, 9.17) is 37.9 Å². The summed E-state index contributed by atoms with van der Waals surface area (Å²) in [7, 11) is 7.57. The van der Waals surface area contributed by atoms with E-state index in [0.29, 0.717) is 0 Å². The second-order valence-corrected chi connectivity index (χ2v) is 11.5. The molecule has 15 heteroatoms. The monoisotopic (exact) mass is 662 g/mol. The zero-order valence-electron chi connectivity index (χ0n) is 27.1. The van der Waals surface area contributed by atoms with Gasteiger partial charge < -0.3 is 58.3 Å². The molecule has 0 radical (unpaired) electrons. The molecule has 0 amide bonds. The van der Waals surface area contributed by atoms with Gasteiger partial charge in [0.25, 0.3) is 0 Å². The molecular weight excluding hydrogens is 624 g/mol. The summed E-state index contributed by atoms with van der Waals surface area (Å²) in [5, 5.41) is 45.2. The third-order valence-electron chi connectivity index (χ3n) is 9.44. The Morgan fingerprint density at radius 2 is 1.55 bits per heavy atom. The molecule has 9 unspecified atom stereocenters. The number of aliphatic hydroxyl groups excluding tert-OH is 1. The first-order chi connectivity index (χ1) is 22.2. The van der Waals surface area contributed by atoms with Crippen molar-refractivity contribution < 1.29 is 72.7 Å². The number of carbonyl (C=O) groups is 3. The number of methoxy groups -OCH3 is 6. The number of rotatable bonds is 9. The SMILES string of the molecule is COC1=CC(=O)C2(OC)C(=O)c3c(cc4cc(O)c(C(O)OC)c(C)c4c3O)C(=O)C2(O)C1OC1OC(C)C(OC)C(OC)C1OC. The Kier molecular flexibility index (Phi) is 9.26. The number of phenolic OH excluding ortho intramolecular Hbond substituents is 2. The van der Waals surface area contributed by atoms with Crippen molar-refractivity contribution in [3.8, 4) is 11.5 Å². The number of hydrogen-bond donors (Lipinski definition) is 4. The highest BCUT2D eigenvalue weighted by Crippen LogP contribution is 2.52. The molecule has 0 bridgehead atoms. The summed E-state index contributed by atoms with van der Waals surface area (Å²) < 4.78 is 45.0. The fraction of sp³-hybridized carbons (Fsp3) is 0.531. The van der Waals surface area contributed by atoms with Crippen LogP contribution in [0.25, 0.3) is 10.8 Å². The molecule has 5 rings (SSSR count). The molecule has 1 saturated heterocycles. The minimum atomic E-state index is -3.13. The van der Waals surface area contributed by atoms with Crippen LogP contribution in [0.3, 0.4) is 0 Å². The van der Waals surface area contributed by atoms with E-state index in [1.807, 2.05) is 0 Å². The molecule has 3 aliphatic rings. The van der Waals surface area contributed by atoms with Crippen LogP contribution in [0.15, 0.2) is 24.0 Å². The van der Waals surface area contributed by atoms with Gasteiger partial charge in [-0.3, -0.25) is 14.4 Å². The van der Waals surface area contributed by atoms with E-state index in [-0.39, 0.29) is 27.7 Å². The van der Waals surface area contributed by atoms with E-state index in [1.54, 1.807) is 6.92 Å². The van der Waals surface area contributed by atoms with Crippen LogP contribution in [-0.2, 0) is 42.7 Å². The smallest absolute Gasteiger partial charge is 0.232 e. The van der Waals surface area contributed by atoms with Crippen LogP contribution >= 0.6 is 0 Å². The van der Waals surface area contributed by atoms with Crippen molar-refractivity contribution in [2.45, 2.75) is 68.1 Å². The van der Waals surface area contributed by atoms with Crippen LogP contribution in [-0.4, -0.2) is 128 Å². The Hall–Kier alpha value is -3.51. The predicted octanol–water partition coefficient (Wildman–Crippen LogP) is 0.980. The molecule has 0 spiro atoms. The first-order valence-electron chi connectivity index (χ1n) is 14.5. The number of ether oxygens (including phenoxy) is 8. The van der Waals surface area contributed by atoms with Crippen molar-refractivity contribution in [3.63, 3.8) is 0 Å². The molecule has 15 nitrogen and oxygen atoms in total. The van der Waals surface area contributed by atoms with Gasteiger partial charge in [0.1, 0.15) is 35.6 Å². The molecule has 0 saturated carbocycles. The number of aliphatic hydroxyl groups is 2. The fourth-order valence-corrected chi connectivity index (χ4v) is 7.16. The van der Waals surface area contributed by atoms with E-state index in [9.17, 15) is 34.8 Å². The van der Waals surface area contributed by atoms with Gasteiger partial charge in [0.2, 0.25) is 28.6 Å². The highest BCUT2D eigenvalue weighted by molar-refractivity contribution is 6.35. The van der Waals surface area contributed by atoms with Crippen molar-refractivity contribution in [1.29, 1.82) is 0 Å². The minimum Gasteiger partial charge on any atom is -0.507 e. The molecule has 1 fully saturated rings. The molecule has 2 aliphatic carbocycles.